The molecule has 2 aromatic rings. The van der Waals surface area contributed by atoms with Gasteiger partial charge in [0.25, 0.3) is 0 Å². The predicted molar refractivity (Wildman–Crippen MR) is 82.2 cm³/mol. The Morgan fingerprint density at radius 3 is 2.59 bits per heavy atom. The molecule has 1 heterocycles. The van der Waals surface area contributed by atoms with E-state index in [1.165, 1.54) is 6.08 Å². The number of carboxylic acids is 1. The fourth-order valence-electron chi connectivity index (χ4n) is 1.85. The van der Waals surface area contributed by atoms with Crippen molar-refractivity contribution in [1.82, 2.24) is 0 Å². The highest BCUT2D eigenvalue weighted by atomic mass is 16.5. The highest BCUT2D eigenvalue weighted by molar-refractivity contribution is 5.84. The third-order valence-electron chi connectivity index (χ3n) is 2.96. The second-order valence-corrected chi connectivity index (χ2v) is 4.75. The molecule has 5 nitrogen and oxygen atoms in total. The van der Waals surface area contributed by atoms with Crippen molar-refractivity contribution in [3.8, 4) is 5.75 Å². The number of rotatable bonds is 5. The average molecular weight is 300 g/mol. The van der Waals surface area contributed by atoms with Crippen molar-refractivity contribution in [2.75, 3.05) is 0 Å². The number of ether oxygens (including phenoxy) is 1. The zero-order chi connectivity index (χ0) is 16.1. The molecule has 0 atom stereocenters. The third kappa shape index (κ3) is 3.63. The first-order valence-electron chi connectivity index (χ1n) is 6.73. The summed E-state index contributed by atoms with van der Waals surface area (Å²) in [6.45, 7) is 3.91. The lowest BCUT2D eigenvalue weighted by molar-refractivity contribution is 0.0657. The summed E-state index contributed by atoms with van der Waals surface area (Å²) in [6.07, 6.45) is 3.14. The summed E-state index contributed by atoms with van der Waals surface area (Å²) >= 11 is 0. The first-order valence-corrected chi connectivity index (χ1v) is 6.73. The van der Waals surface area contributed by atoms with Crippen molar-refractivity contribution in [2.24, 2.45) is 0 Å². The molecule has 0 aliphatic carbocycles. The van der Waals surface area contributed by atoms with E-state index in [9.17, 15) is 9.59 Å². The number of aromatic carboxylic acids is 1. The third-order valence-corrected chi connectivity index (χ3v) is 2.96. The minimum atomic E-state index is -1.30. The standard InChI is InChI=1S/C17H16O5/c1-3-4-14-16(13(18)9-15(22-14)17(19)20)21-10-12-7-5-11(2)6-8-12/h3-9H,10H2,1-2H3,(H,19,20). The predicted octanol–water partition coefficient (Wildman–Crippen LogP) is 3.26. The van der Waals surface area contributed by atoms with Crippen molar-refractivity contribution in [3.63, 3.8) is 0 Å². The Kier molecular flexibility index (Phi) is 4.78. The van der Waals surface area contributed by atoms with Crippen LogP contribution in [0.4, 0.5) is 0 Å². The molecule has 1 N–H and O–H groups in total. The summed E-state index contributed by atoms with van der Waals surface area (Å²) in [5, 5.41) is 8.93. The topological polar surface area (TPSA) is 76.7 Å². The van der Waals surface area contributed by atoms with Crippen LogP contribution in [-0.4, -0.2) is 11.1 Å². The first-order chi connectivity index (χ1) is 10.5. The van der Waals surface area contributed by atoms with Gasteiger partial charge in [-0.15, -0.1) is 0 Å². The molecule has 0 radical (unpaired) electrons. The molecule has 1 aromatic heterocycles. The number of allylic oxidation sites excluding steroid dienone is 1. The van der Waals surface area contributed by atoms with Crippen LogP contribution in [0, 0.1) is 6.92 Å². The van der Waals surface area contributed by atoms with Crippen molar-refractivity contribution < 1.29 is 19.1 Å². The van der Waals surface area contributed by atoms with Crippen LogP contribution in [0.1, 0.15) is 34.4 Å². The highest BCUT2D eigenvalue weighted by Gasteiger charge is 2.15. The van der Waals surface area contributed by atoms with Crippen LogP contribution in [0.3, 0.4) is 0 Å². The van der Waals surface area contributed by atoms with Gasteiger partial charge in [-0.3, -0.25) is 4.79 Å². The zero-order valence-electron chi connectivity index (χ0n) is 12.3. The summed E-state index contributed by atoms with van der Waals surface area (Å²) in [7, 11) is 0. The average Bonchev–Trinajstić information content (AvgIpc) is 2.48. The smallest absolute Gasteiger partial charge is 0.371 e. The van der Waals surface area contributed by atoms with Gasteiger partial charge in [-0.05, 0) is 25.5 Å². The van der Waals surface area contributed by atoms with E-state index in [4.69, 9.17) is 14.3 Å². The van der Waals surface area contributed by atoms with E-state index in [0.29, 0.717) is 0 Å². The first kappa shape index (κ1) is 15.6. The maximum atomic E-state index is 12.0. The van der Waals surface area contributed by atoms with Gasteiger partial charge in [-0.1, -0.05) is 35.9 Å². The molecule has 5 heteroatoms. The van der Waals surface area contributed by atoms with E-state index in [-0.39, 0.29) is 18.1 Å². The van der Waals surface area contributed by atoms with E-state index < -0.39 is 17.2 Å². The molecule has 0 saturated heterocycles. The van der Waals surface area contributed by atoms with E-state index in [1.807, 2.05) is 31.2 Å². The number of benzene rings is 1. The maximum Gasteiger partial charge on any atom is 0.371 e. The Labute approximate surface area is 127 Å². The largest absolute Gasteiger partial charge is 0.481 e. The highest BCUT2D eigenvalue weighted by Crippen LogP contribution is 2.19. The Hall–Kier alpha value is -2.82. The Morgan fingerprint density at radius 2 is 2.00 bits per heavy atom. The maximum absolute atomic E-state index is 12.0. The molecule has 22 heavy (non-hydrogen) atoms. The summed E-state index contributed by atoms with van der Waals surface area (Å²) in [5.41, 5.74) is 1.51. The van der Waals surface area contributed by atoms with E-state index in [1.54, 1.807) is 13.0 Å². The Morgan fingerprint density at radius 1 is 1.32 bits per heavy atom. The molecule has 0 amide bonds. The number of hydrogen-bond donors (Lipinski definition) is 1. The SMILES string of the molecule is CC=Cc1oc(C(=O)O)cc(=O)c1OCc1ccc(C)cc1. The fraction of sp³-hybridized carbons (Fsp3) is 0.176. The molecule has 0 fully saturated rings. The second-order valence-electron chi connectivity index (χ2n) is 4.75. The molecule has 0 spiro atoms. The fourth-order valence-corrected chi connectivity index (χ4v) is 1.85. The van der Waals surface area contributed by atoms with Crippen LogP contribution in [0.5, 0.6) is 5.75 Å². The van der Waals surface area contributed by atoms with Crippen molar-refractivity contribution >= 4 is 12.0 Å². The Bertz CT molecular complexity index is 754. The van der Waals surface area contributed by atoms with Crippen molar-refractivity contribution in [2.45, 2.75) is 20.5 Å². The summed E-state index contributed by atoms with van der Waals surface area (Å²) in [5.74, 6) is -1.61. The lowest BCUT2D eigenvalue weighted by Crippen LogP contribution is -2.12. The molecule has 0 bridgehead atoms. The van der Waals surface area contributed by atoms with Gasteiger partial charge in [0, 0.05) is 6.07 Å². The van der Waals surface area contributed by atoms with Gasteiger partial charge in [0.1, 0.15) is 6.61 Å². The molecule has 2 rings (SSSR count). The summed E-state index contributed by atoms with van der Waals surface area (Å²) in [6, 6.07) is 8.61. The number of carbonyl (C=O) groups is 1. The van der Waals surface area contributed by atoms with Crippen LogP contribution >= 0.6 is 0 Å². The van der Waals surface area contributed by atoms with Gasteiger partial charge >= 0.3 is 5.97 Å². The van der Waals surface area contributed by atoms with Crippen LogP contribution in [0.15, 0.2) is 45.6 Å². The van der Waals surface area contributed by atoms with E-state index in [2.05, 4.69) is 0 Å². The zero-order valence-corrected chi connectivity index (χ0v) is 12.3. The van der Waals surface area contributed by atoms with Crippen LogP contribution < -0.4 is 10.2 Å². The molecule has 0 aliphatic rings. The van der Waals surface area contributed by atoms with Gasteiger partial charge in [-0.2, -0.15) is 0 Å². The summed E-state index contributed by atoms with van der Waals surface area (Å²) in [4.78, 5) is 23.0. The number of hydrogen-bond acceptors (Lipinski definition) is 4. The van der Waals surface area contributed by atoms with Gasteiger partial charge in [0.15, 0.2) is 5.76 Å². The molecule has 0 saturated carbocycles. The number of aryl methyl sites for hydroxylation is 1. The molecular weight excluding hydrogens is 284 g/mol. The van der Waals surface area contributed by atoms with Gasteiger partial charge in [0.2, 0.25) is 16.9 Å². The number of carboxylic acid groups (broad SMARTS) is 1. The van der Waals surface area contributed by atoms with E-state index in [0.717, 1.165) is 17.2 Å². The lowest BCUT2D eigenvalue weighted by Gasteiger charge is -2.08. The Balaban J connectivity index is 2.31. The van der Waals surface area contributed by atoms with E-state index >= 15 is 0 Å². The van der Waals surface area contributed by atoms with Crippen molar-refractivity contribution in [1.29, 1.82) is 0 Å². The monoisotopic (exact) mass is 300 g/mol. The van der Waals surface area contributed by atoms with Crippen molar-refractivity contribution in [3.05, 3.63) is 69.3 Å². The lowest BCUT2D eigenvalue weighted by atomic mass is 10.2. The quantitative estimate of drug-likeness (QED) is 0.917. The molecule has 114 valence electrons. The second kappa shape index (κ2) is 6.76. The minimum Gasteiger partial charge on any atom is -0.481 e. The molecular formula is C17H16O5. The minimum absolute atomic E-state index is 0.00340. The summed E-state index contributed by atoms with van der Waals surface area (Å²) < 4.78 is 10.7. The molecule has 1 aromatic carbocycles. The normalized spacial score (nSPS) is 10.8. The molecule has 0 aliphatic heterocycles. The molecule has 0 unspecified atom stereocenters. The van der Waals surface area contributed by atoms with Gasteiger partial charge in [-0.25, -0.2) is 4.79 Å². The van der Waals surface area contributed by atoms with Crippen LogP contribution in [-0.2, 0) is 6.61 Å². The van der Waals surface area contributed by atoms with Gasteiger partial charge in [0.05, 0.1) is 0 Å². The van der Waals surface area contributed by atoms with Crippen LogP contribution in [0.25, 0.3) is 6.08 Å². The van der Waals surface area contributed by atoms with Gasteiger partial charge < -0.3 is 14.3 Å². The van der Waals surface area contributed by atoms with Crippen LogP contribution in [0.2, 0.25) is 0 Å².